The molecule has 0 saturated carbocycles. The summed E-state index contributed by atoms with van der Waals surface area (Å²) in [5.74, 6) is 0.555. The Balaban J connectivity index is 2.21. The third-order valence-electron chi connectivity index (χ3n) is 3.34. The molecule has 0 bridgehead atoms. The quantitative estimate of drug-likeness (QED) is 0.437. The molecule has 0 aliphatic rings. The van der Waals surface area contributed by atoms with Gasteiger partial charge in [-0.1, -0.05) is 17.7 Å². The second kappa shape index (κ2) is 8.15. The molecule has 10 heteroatoms. The number of benzene rings is 2. The molecule has 0 radical (unpaired) electrons. The van der Waals surface area contributed by atoms with E-state index in [2.05, 4.69) is 9.93 Å². The molecular formula is C16H16ClN3O5S. The van der Waals surface area contributed by atoms with Crippen molar-refractivity contribution in [1.29, 1.82) is 0 Å². The van der Waals surface area contributed by atoms with Crippen LogP contribution < -0.4 is 9.57 Å². The second-order valence-corrected chi connectivity index (χ2v) is 7.19. The van der Waals surface area contributed by atoms with Crippen LogP contribution >= 0.6 is 11.6 Å². The van der Waals surface area contributed by atoms with Gasteiger partial charge in [-0.15, -0.1) is 0 Å². The highest BCUT2D eigenvalue weighted by Crippen LogP contribution is 2.25. The fourth-order valence-electron chi connectivity index (χ4n) is 2.01. The van der Waals surface area contributed by atoms with Crippen LogP contribution in [0.25, 0.3) is 0 Å². The first-order chi connectivity index (χ1) is 12.2. The van der Waals surface area contributed by atoms with Crippen molar-refractivity contribution >= 4 is 33.0 Å². The van der Waals surface area contributed by atoms with E-state index in [1.165, 1.54) is 49.4 Å². The standard InChI is InChI=1S/C16H16ClN3O5S/c1-3-25-13-5-7-14(8-6-13)26(23,24)19-18-11(2)12-4-9-15(17)16(10-12)20(21)22/h4-10,19H,3H2,1-2H3/b18-11-. The zero-order valence-corrected chi connectivity index (χ0v) is 15.5. The van der Waals surface area contributed by atoms with Crippen molar-refractivity contribution in [3.8, 4) is 5.75 Å². The van der Waals surface area contributed by atoms with Crippen molar-refractivity contribution in [3.63, 3.8) is 0 Å². The average Bonchev–Trinajstić information content (AvgIpc) is 2.60. The third kappa shape index (κ3) is 4.70. The normalized spacial score (nSPS) is 11.9. The van der Waals surface area contributed by atoms with Gasteiger partial charge in [-0.25, -0.2) is 0 Å². The molecule has 0 aliphatic carbocycles. The highest BCUT2D eigenvalue weighted by atomic mass is 35.5. The van der Waals surface area contributed by atoms with Crippen molar-refractivity contribution in [2.45, 2.75) is 18.7 Å². The van der Waals surface area contributed by atoms with Crippen molar-refractivity contribution in [2.24, 2.45) is 5.10 Å². The van der Waals surface area contributed by atoms with Gasteiger partial charge in [0.05, 0.1) is 22.1 Å². The predicted octanol–water partition coefficient (Wildman–Crippen LogP) is 3.35. The van der Waals surface area contributed by atoms with Gasteiger partial charge in [-0.05, 0) is 44.2 Å². The van der Waals surface area contributed by atoms with Gasteiger partial charge in [0, 0.05) is 11.6 Å². The zero-order valence-electron chi connectivity index (χ0n) is 14.0. The maximum atomic E-state index is 12.3. The number of nitro benzene ring substituents is 1. The summed E-state index contributed by atoms with van der Waals surface area (Å²) in [7, 11) is -3.88. The lowest BCUT2D eigenvalue weighted by Crippen LogP contribution is -2.20. The molecule has 0 atom stereocenters. The Morgan fingerprint density at radius 2 is 1.92 bits per heavy atom. The van der Waals surface area contributed by atoms with Gasteiger partial charge in [0.25, 0.3) is 15.7 Å². The monoisotopic (exact) mass is 397 g/mol. The topological polar surface area (TPSA) is 111 Å². The molecule has 2 aromatic rings. The maximum absolute atomic E-state index is 12.3. The van der Waals surface area contributed by atoms with Crippen LogP contribution in [-0.4, -0.2) is 25.7 Å². The van der Waals surface area contributed by atoms with Crippen molar-refractivity contribution < 1.29 is 18.1 Å². The van der Waals surface area contributed by atoms with Gasteiger partial charge >= 0.3 is 0 Å². The van der Waals surface area contributed by atoms with Crippen LogP contribution in [0.5, 0.6) is 5.75 Å². The number of sulfonamides is 1. The van der Waals surface area contributed by atoms with Gasteiger partial charge in [0.15, 0.2) is 0 Å². The molecule has 0 spiro atoms. The summed E-state index contributed by atoms with van der Waals surface area (Å²) < 4.78 is 29.8. The first-order valence-electron chi connectivity index (χ1n) is 7.48. The SMILES string of the molecule is CCOc1ccc(S(=O)(=O)N/N=C(/C)c2ccc(Cl)c([N+](=O)[O-])c2)cc1. The number of nitro groups is 1. The molecule has 0 amide bonds. The summed E-state index contributed by atoms with van der Waals surface area (Å²) in [5.41, 5.74) is 0.336. The number of hydrogen-bond acceptors (Lipinski definition) is 6. The largest absolute Gasteiger partial charge is 0.494 e. The third-order valence-corrected chi connectivity index (χ3v) is 4.88. The van der Waals surface area contributed by atoms with Gasteiger partial charge in [0.1, 0.15) is 10.8 Å². The van der Waals surface area contributed by atoms with E-state index in [1.807, 2.05) is 6.92 Å². The highest BCUT2D eigenvalue weighted by molar-refractivity contribution is 7.89. The fraction of sp³-hybridized carbons (Fsp3) is 0.188. The van der Waals surface area contributed by atoms with E-state index in [0.29, 0.717) is 17.9 Å². The van der Waals surface area contributed by atoms with Crippen LogP contribution in [0.4, 0.5) is 5.69 Å². The van der Waals surface area contributed by atoms with E-state index in [-0.39, 0.29) is 21.3 Å². The van der Waals surface area contributed by atoms with E-state index in [0.717, 1.165) is 0 Å². The van der Waals surface area contributed by atoms with Gasteiger partial charge < -0.3 is 4.74 Å². The van der Waals surface area contributed by atoms with E-state index < -0.39 is 14.9 Å². The molecule has 0 aromatic heterocycles. The van der Waals surface area contributed by atoms with Crippen molar-refractivity contribution in [1.82, 2.24) is 4.83 Å². The maximum Gasteiger partial charge on any atom is 0.288 e. The lowest BCUT2D eigenvalue weighted by atomic mass is 10.1. The Kier molecular flexibility index (Phi) is 6.17. The van der Waals surface area contributed by atoms with Crippen LogP contribution in [-0.2, 0) is 10.0 Å². The zero-order chi connectivity index (χ0) is 19.3. The molecule has 2 rings (SSSR count). The number of hydrogen-bond donors (Lipinski definition) is 1. The molecule has 0 fully saturated rings. The van der Waals surface area contributed by atoms with E-state index >= 15 is 0 Å². The summed E-state index contributed by atoms with van der Waals surface area (Å²) in [6.45, 7) is 3.82. The molecule has 1 N–H and O–H groups in total. The van der Waals surface area contributed by atoms with Crippen LogP contribution in [0.2, 0.25) is 5.02 Å². The van der Waals surface area contributed by atoms with Gasteiger partial charge in [-0.2, -0.15) is 18.4 Å². The summed E-state index contributed by atoms with van der Waals surface area (Å²) in [6, 6.07) is 9.96. The van der Waals surface area contributed by atoms with E-state index in [1.54, 1.807) is 0 Å². The number of nitrogens with one attached hydrogen (secondary N) is 1. The van der Waals surface area contributed by atoms with E-state index in [9.17, 15) is 18.5 Å². The Hall–Kier alpha value is -2.65. The van der Waals surface area contributed by atoms with Crippen molar-refractivity contribution in [3.05, 3.63) is 63.2 Å². The molecular weight excluding hydrogens is 382 g/mol. The van der Waals surface area contributed by atoms with Crippen LogP contribution in [0, 0.1) is 10.1 Å². The summed E-state index contributed by atoms with van der Waals surface area (Å²) in [4.78, 5) is 12.4. The Morgan fingerprint density at radius 3 is 2.50 bits per heavy atom. The van der Waals surface area contributed by atoms with Gasteiger partial charge in [-0.3, -0.25) is 10.1 Å². The Labute approximate surface area is 155 Å². The smallest absolute Gasteiger partial charge is 0.288 e. The van der Waals surface area contributed by atoms with Crippen molar-refractivity contribution in [2.75, 3.05) is 6.61 Å². The van der Waals surface area contributed by atoms with Crippen LogP contribution in [0.15, 0.2) is 52.5 Å². The average molecular weight is 398 g/mol. The van der Waals surface area contributed by atoms with E-state index in [4.69, 9.17) is 16.3 Å². The second-order valence-electron chi connectivity index (χ2n) is 5.12. The summed E-state index contributed by atoms with van der Waals surface area (Å²) in [6.07, 6.45) is 0. The summed E-state index contributed by atoms with van der Waals surface area (Å²) >= 11 is 5.76. The summed E-state index contributed by atoms with van der Waals surface area (Å²) in [5, 5.41) is 14.7. The first-order valence-corrected chi connectivity index (χ1v) is 9.34. The number of rotatable bonds is 7. The predicted molar refractivity (Wildman–Crippen MR) is 98.2 cm³/mol. The molecule has 0 aliphatic heterocycles. The number of hydrazone groups is 1. The first kappa shape index (κ1) is 19.7. The Morgan fingerprint density at radius 1 is 1.27 bits per heavy atom. The minimum atomic E-state index is -3.88. The molecule has 26 heavy (non-hydrogen) atoms. The Bertz CT molecular complexity index is 943. The molecule has 2 aromatic carbocycles. The van der Waals surface area contributed by atoms with Gasteiger partial charge in [0.2, 0.25) is 0 Å². The van der Waals surface area contributed by atoms with Crippen LogP contribution in [0.1, 0.15) is 19.4 Å². The molecule has 138 valence electrons. The minimum Gasteiger partial charge on any atom is -0.494 e. The number of halogens is 1. The lowest BCUT2D eigenvalue weighted by molar-refractivity contribution is -0.384. The molecule has 0 heterocycles. The number of nitrogens with zero attached hydrogens (tertiary/aromatic N) is 2. The molecule has 8 nitrogen and oxygen atoms in total. The van der Waals surface area contributed by atoms with Crippen LogP contribution in [0.3, 0.4) is 0 Å². The lowest BCUT2D eigenvalue weighted by Gasteiger charge is -2.07. The molecule has 0 unspecified atom stereocenters. The minimum absolute atomic E-state index is 0.0125. The highest BCUT2D eigenvalue weighted by Gasteiger charge is 2.16. The number of ether oxygens (including phenoxy) is 1. The fourth-order valence-corrected chi connectivity index (χ4v) is 3.05. The molecule has 0 saturated heterocycles.